The second kappa shape index (κ2) is 11.0. The van der Waals surface area contributed by atoms with Gasteiger partial charge in [0.2, 0.25) is 0 Å². The number of carbonyl (C=O) groups is 2. The lowest BCUT2D eigenvalue weighted by Crippen LogP contribution is -2.33. The van der Waals surface area contributed by atoms with Gasteiger partial charge in [0.15, 0.2) is 11.5 Å². The maximum atomic E-state index is 13.3. The van der Waals surface area contributed by atoms with Crippen molar-refractivity contribution in [1.82, 2.24) is 9.80 Å². The van der Waals surface area contributed by atoms with Gasteiger partial charge in [-0.15, -0.1) is 0 Å². The summed E-state index contributed by atoms with van der Waals surface area (Å²) in [6.07, 6.45) is 0.727. The van der Waals surface area contributed by atoms with Gasteiger partial charge in [-0.2, -0.15) is 0 Å². The van der Waals surface area contributed by atoms with Crippen LogP contribution >= 0.6 is 0 Å². The van der Waals surface area contributed by atoms with Gasteiger partial charge in [0.05, 0.1) is 11.6 Å². The number of hydrogen-bond donors (Lipinski definition) is 1. The molecule has 0 saturated carbocycles. The van der Waals surface area contributed by atoms with E-state index < -0.39 is 17.7 Å². The van der Waals surface area contributed by atoms with Crippen molar-refractivity contribution in [2.45, 2.75) is 26.3 Å². The summed E-state index contributed by atoms with van der Waals surface area (Å²) in [7, 11) is 3.91. The van der Waals surface area contributed by atoms with E-state index in [1.165, 1.54) is 0 Å². The summed E-state index contributed by atoms with van der Waals surface area (Å²) in [6, 6.07) is 12.1. The fraction of sp³-hybridized carbons (Fsp3) is 0.429. The number of amides is 1. The van der Waals surface area contributed by atoms with Crippen LogP contribution in [0.4, 0.5) is 5.69 Å². The minimum absolute atomic E-state index is 0.0946. The summed E-state index contributed by atoms with van der Waals surface area (Å²) in [6.45, 7) is 8.17. The van der Waals surface area contributed by atoms with E-state index in [1.54, 1.807) is 23.1 Å². The first kappa shape index (κ1) is 25.6. The first-order valence-corrected chi connectivity index (χ1v) is 12.5. The topological polar surface area (TPSA) is 82.6 Å². The third-order valence-corrected chi connectivity index (χ3v) is 6.85. The summed E-state index contributed by atoms with van der Waals surface area (Å²) < 4.78 is 11.2. The van der Waals surface area contributed by atoms with Gasteiger partial charge in [0.1, 0.15) is 19.0 Å². The van der Waals surface area contributed by atoms with Gasteiger partial charge < -0.3 is 29.3 Å². The highest BCUT2D eigenvalue weighted by atomic mass is 16.6. The zero-order valence-corrected chi connectivity index (χ0v) is 21.5. The predicted molar refractivity (Wildman–Crippen MR) is 140 cm³/mol. The minimum atomic E-state index is -0.675. The largest absolute Gasteiger partial charge is 0.507 e. The molecule has 1 N–H and O–H groups in total. The lowest BCUT2D eigenvalue weighted by Gasteiger charge is -2.27. The van der Waals surface area contributed by atoms with Crippen molar-refractivity contribution in [3.05, 3.63) is 59.2 Å². The van der Waals surface area contributed by atoms with Crippen molar-refractivity contribution in [2.24, 2.45) is 0 Å². The van der Waals surface area contributed by atoms with Gasteiger partial charge >= 0.3 is 0 Å². The van der Waals surface area contributed by atoms with E-state index in [0.717, 1.165) is 37.3 Å². The maximum absolute atomic E-state index is 13.3. The number of fused-ring (bicyclic) bond motifs is 1. The summed E-state index contributed by atoms with van der Waals surface area (Å²) in [4.78, 5) is 32.4. The van der Waals surface area contributed by atoms with E-state index in [-0.39, 0.29) is 11.3 Å². The number of aliphatic hydroxyl groups is 1. The highest BCUT2D eigenvalue weighted by Gasteiger charge is 2.45. The van der Waals surface area contributed by atoms with Crippen LogP contribution in [-0.2, 0) is 9.59 Å². The summed E-state index contributed by atoms with van der Waals surface area (Å²) in [5, 5.41) is 11.4. The molecule has 2 aliphatic heterocycles. The Balaban J connectivity index is 1.74. The fourth-order valence-electron chi connectivity index (χ4n) is 4.76. The van der Waals surface area contributed by atoms with Gasteiger partial charge in [0, 0.05) is 31.9 Å². The average molecular weight is 494 g/mol. The summed E-state index contributed by atoms with van der Waals surface area (Å²) in [5.41, 5.74) is 2.29. The number of anilines is 1. The van der Waals surface area contributed by atoms with Gasteiger partial charge in [-0.1, -0.05) is 26.0 Å². The number of aliphatic hydroxyl groups excluding tert-OH is 1. The van der Waals surface area contributed by atoms with Gasteiger partial charge in [0.25, 0.3) is 11.7 Å². The van der Waals surface area contributed by atoms with Crippen molar-refractivity contribution in [2.75, 3.05) is 58.4 Å². The van der Waals surface area contributed by atoms with Crippen molar-refractivity contribution in [3.63, 3.8) is 0 Å². The minimum Gasteiger partial charge on any atom is -0.507 e. The van der Waals surface area contributed by atoms with Crippen LogP contribution in [0.3, 0.4) is 0 Å². The summed E-state index contributed by atoms with van der Waals surface area (Å²) >= 11 is 0. The first-order chi connectivity index (χ1) is 17.3. The standard InChI is InChI=1S/C28H35N3O5/c1-5-30(6-2)14-7-15-31-25(19-8-11-21(12-9-19)29(3)4)24(27(33)28(31)34)26(32)20-10-13-22-23(18-20)36-17-16-35-22/h8-13,18,25,32H,5-7,14-17H2,1-4H3/b26-24+. The monoisotopic (exact) mass is 493 g/mol. The highest BCUT2D eigenvalue weighted by molar-refractivity contribution is 6.46. The lowest BCUT2D eigenvalue weighted by molar-refractivity contribution is -0.140. The molecule has 1 fully saturated rings. The molecule has 8 heteroatoms. The van der Waals surface area contributed by atoms with Gasteiger partial charge in [-0.3, -0.25) is 9.59 Å². The van der Waals surface area contributed by atoms with Crippen molar-refractivity contribution in [1.29, 1.82) is 0 Å². The molecule has 4 rings (SSSR count). The Hall–Kier alpha value is -3.52. The molecule has 2 aliphatic rings. The third-order valence-electron chi connectivity index (χ3n) is 6.85. The number of benzene rings is 2. The molecule has 1 atom stereocenters. The van der Waals surface area contributed by atoms with Crippen molar-refractivity contribution in [3.8, 4) is 11.5 Å². The molecule has 0 aliphatic carbocycles. The van der Waals surface area contributed by atoms with Crippen LogP contribution in [0.2, 0.25) is 0 Å². The maximum Gasteiger partial charge on any atom is 0.295 e. The van der Waals surface area contributed by atoms with E-state index in [9.17, 15) is 14.7 Å². The number of hydrogen-bond acceptors (Lipinski definition) is 7. The SMILES string of the molecule is CCN(CC)CCCN1C(=O)C(=O)/C(=C(/O)c2ccc3c(c2)OCCO3)C1c1ccc(N(C)C)cc1. The predicted octanol–water partition coefficient (Wildman–Crippen LogP) is 3.68. The Labute approximate surface area is 212 Å². The van der Waals surface area contributed by atoms with Crippen LogP contribution in [-0.4, -0.2) is 80.1 Å². The van der Waals surface area contributed by atoms with Crippen LogP contribution in [0.25, 0.3) is 5.76 Å². The second-order valence-corrected chi connectivity index (χ2v) is 9.22. The molecule has 192 valence electrons. The van der Waals surface area contributed by atoms with E-state index in [1.807, 2.05) is 43.3 Å². The normalized spacial score (nSPS) is 18.7. The molecule has 0 aromatic heterocycles. The number of likely N-dealkylation sites (tertiary alicyclic amines) is 1. The smallest absolute Gasteiger partial charge is 0.295 e. The van der Waals surface area contributed by atoms with Crippen LogP contribution in [0.15, 0.2) is 48.0 Å². The van der Waals surface area contributed by atoms with Crippen LogP contribution in [0.5, 0.6) is 11.5 Å². The zero-order chi connectivity index (χ0) is 25.8. The van der Waals surface area contributed by atoms with Gasteiger partial charge in [-0.05, 0) is 62.0 Å². The Morgan fingerprint density at radius 1 is 1.00 bits per heavy atom. The Bertz CT molecular complexity index is 1140. The molecule has 0 bridgehead atoms. The van der Waals surface area contributed by atoms with Crippen LogP contribution in [0.1, 0.15) is 37.4 Å². The third kappa shape index (κ3) is 5.04. The highest BCUT2D eigenvalue weighted by Crippen LogP contribution is 2.41. The molecule has 2 heterocycles. The number of rotatable bonds is 9. The molecule has 0 spiro atoms. The second-order valence-electron chi connectivity index (χ2n) is 9.22. The number of Topliss-reactive ketones (excluding diaryl/α,β-unsaturated/α-hetero) is 1. The van der Waals surface area contributed by atoms with E-state index in [4.69, 9.17) is 9.47 Å². The van der Waals surface area contributed by atoms with E-state index >= 15 is 0 Å². The molecule has 2 aromatic carbocycles. The molecule has 1 unspecified atom stereocenters. The number of carbonyl (C=O) groups excluding carboxylic acids is 2. The molecular formula is C28H35N3O5. The zero-order valence-electron chi connectivity index (χ0n) is 21.5. The van der Waals surface area contributed by atoms with E-state index in [0.29, 0.717) is 36.8 Å². The Kier molecular flexibility index (Phi) is 7.84. The first-order valence-electron chi connectivity index (χ1n) is 12.5. The lowest BCUT2D eigenvalue weighted by atomic mass is 9.95. The van der Waals surface area contributed by atoms with Crippen LogP contribution < -0.4 is 14.4 Å². The molecular weight excluding hydrogens is 458 g/mol. The summed E-state index contributed by atoms with van der Waals surface area (Å²) in [5.74, 6) is -0.378. The quantitative estimate of drug-likeness (QED) is 0.324. The molecule has 36 heavy (non-hydrogen) atoms. The number of nitrogens with zero attached hydrogens (tertiary/aromatic N) is 3. The molecule has 0 radical (unpaired) electrons. The molecule has 1 saturated heterocycles. The van der Waals surface area contributed by atoms with Gasteiger partial charge in [-0.25, -0.2) is 0 Å². The van der Waals surface area contributed by atoms with Crippen molar-refractivity contribution >= 4 is 23.1 Å². The van der Waals surface area contributed by atoms with E-state index in [2.05, 4.69) is 18.7 Å². The Morgan fingerprint density at radius 2 is 1.67 bits per heavy atom. The molecule has 8 nitrogen and oxygen atoms in total. The fourth-order valence-corrected chi connectivity index (χ4v) is 4.76. The average Bonchev–Trinajstić information content (AvgIpc) is 3.15. The molecule has 2 aromatic rings. The van der Waals surface area contributed by atoms with Crippen molar-refractivity contribution < 1.29 is 24.2 Å². The molecule has 1 amide bonds. The number of ketones is 1. The van der Waals surface area contributed by atoms with Crippen LogP contribution in [0, 0.1) is 0 Å². The number of ether oxygens (including phenoxy) is 2. The Morgan fingerprint density at radius 3 is 2.31 bits per heavy atom.